The molecule has 0 aliphatic rings. The zero-order valence-corrected chi connectivity index (χ0v) is 12.3. The third kappa shape index (κ3) is 3.41. The number of hydrogen-bond donors (Lipinski definition) is 1. The van der Waals surface area contributed by atoms with Gasteiger partial charge in [0.05, 0.1) is 15.7 Å². The number of anilines is 1. The Bertz CT molecular complexity index is 600. The third-order valence-electron chi connectivity index (χ3n) is 2.56. The average Bonchev–Trinajstić information content (AvgIpc) is 2.34. The van der Waals surface area contributed by atoms with E-state index in [4.69, 9.17) is 34.8 Å². The number of amides is 1. The van der Waals surface area contributed by atoms with Gasteiger partial charge in [-0.1, -0.05) is 52.5 Å². The summed E-state index contributed by atoms with van der Waals surface area (Å²) < 4.78 is 0. The van der Waals surface area contributed by atoms with Gasteiger partial charge in [0.2, 0.25) is 0 Å². The van der Waals surface area contributed by atoms with Gasteiger partial charge in [0.25, 0.3) is 5.91 Å². The van der Waals surface area contributed by atoms with E-state index in [1.807, 2.05) is 19.1 Å². The molecule has 0 unspecified atom stereocenters. The topological polar surface area (TPSA) is 29.1 Å². The van der Waals surface area contributed by atoms with E-state index in [2.05, 4.69) is 5.32 Å². The third-order valence-corrected chi connectivity index (χ3v) is 3.37. The number of nitrogens with one attached hydrogen (secondary N) is 1. The van der Waals surface area contributed by atoms with Gasteiger partial charge in [0.15, 0.2) is 0 Å². The van der Waals surface area contributed by atoms with Crippen molar-refractivity contribution in [3.8, 4) is 0 Å². The maximum atomic E-state index is 12.1. The molecule has 0 atom stereocenters. The molecule has 0 saturated heterocycles. The summed E-state index contributed by atoms with van der Waals surface area (Å²) in [5.74, 6) is -0.272. The highest BCUT2D eigenvalue weighted by atomic mass is 35.5. The number of hydrogen-bond acceptors (Lipinski definition) is 1. The predicted octanol–water partition coefficient (Wildman–Crippen LogP) is 5.21. The molecule has 19 heavy (non-hydrogen) atoms. The van der Waals surface area contributed by atoms with Crippen molar-refractivity contribution in [3.05, 3.63) is 62.6 Å². The van der Waals surface area contributed by atoms with E-state index >= 15 is 0 Å². The SMILES string of the molecule is Cc1ccc(C(=O)Nc2c(Cl)cc(Cl)cc2Cl)cc1. The van der Waals surface area contributed by atoms with Crippen molar-refractivity contribution < 1.29 is 4.79 Å². The molecule has 0 aliphatic carbocycles. The summed E-state index contributed by atoms with van der Waals surface area (Å²) >= 11 is 17.8. The predicted molar refractivity (Wildman–Crippen MR) is 80.6 cm³/mol. The Morgan fingerprint density at radius 2 is 1.53 bits per heavy atom. The van der Waals surface area contributed by atoms with Crippen molar-refractivity contribution in [1.29, 1.82) is 0 Å². The number of halogens is 3. The monoisotopic (exact) mass is 313 g/mol. The average molecular weight is 315 g/mol. The molecular weight excluding hydrogens is 305 g/mol. The lowest BCUT2D eigenvalue weighted by Crippen LogP contribution is -2.12. The molecule has 1 N–H and O–H groups in total. The van der Waals surface area contributed by atoms with Crippen molar-refractivity contribution in [3.63, 3.8) is 0 Å². The lowest BCUT2D eigenvalue weighted by Gasteiger charge is -2.10. The van der Waals surface area contributed by atoms with E-state index in [0.717, 1.165) is 5.56 Å². The minimum Gasteiger partial charge on any atom is -0.319 e. The largest absolute Gasteiger partial charge is 0.319 e. The molecule has 98 valence electrons. The Morgan fingerprint density at radius 1 is 1.00 bits per heavy atom. The van der Waals surface area contributed by atoms with Crippen molar-refractivity contribution in [2.75, 3.05) is 5.32 Å². The van der Waals surface area contributed by atoms with Crippen molar-refractivity contribution in [1.82, 2.24) is 0 Å². The molecule has 2 aromatic rings. The summed E-state index contributed by atoms with van der Waals surface area (Å²) in [6, 6.07) is 10.3. The first-order valence-electron chi connectivity index (χ1n) is 5.50. The van der Waals surface area contributed by atoms with Gasteiger partial charge in [-0.2, -0.15) is 0 Å². The van der Waals surface area contributed by atoms with Crippen LogP contribution in [0.4, 0.5) is 5.69 Å². The molecule has 0 bridgehead atoms. The smallest absolute Gasteiger partial charge is 0.255 e. The molecular formula is C14H10Cl3NO. The number of carbonyl (C=O) groups excluding carboxylic acids is 1. The van der Waals surface area contributed by atoms with Crippen LogP contribution in [0.1, 0.15) is 15.9 Å². The molecule has 2 nitrogen and oxygen atoms in total. The molecule has 2 aromatic carbocycles. The van der Waals surface area contributed by atoms with Gasteiger partial charge in [-0.15, -0.1) is 0 Å². The van der Waals surface area contributed by atoms with Gasteiger partial charge in [0.1, 0.15) is 0 Å². The van der Waals surface area contributed by atoms with Crippen LogP contribution in [0.25, 0.3) is 0 Å². The van der Waals surface area contributed by atoms with E-state index in [9.17, 15) is 4.79 Å². The molecule has 0 heterocycles. The minimum absolute atomic E-state index is 0.272. The summed E-state index contributed by atoms with van der Waals surface area (Å²) in [4.78, 5) is 12.1. The molecule has 0 saturated carbocycles. The lowest BCUT2D eigenvalue weighted by atomic mass is 10.1. The first-order valence-corrected chi connectivity index (χ1v) is 6.63. The lowest BCUT2D eigenvalue weighted by molar-refractivity contribution is 0.102. The van der Waals surface area contributed by atoms with Gasteiger partial charge in [0, 0.05) is 10.6 Å². The zero-order valence-electron chi connectivity index (χ0n) is 10.0. The summed E-state index contributed by atoms with van der Waals surface area (Å²) in [6.07, 6.45) is 0. The van der Waals surface area contributed by atoms with Crippen LogP contribution in [-0.4, -0.2) is 5.91 Å². The van der Waals surface area contributed by atoms with Crippen molar-refractivity contribution in [2.24, 2.45) is 0 Å². The first-order chi connectivity index (χ1) is 8.97. The number of aryl methyl sites for hydroxylation is 1. The fraction of sp³-hybridized carbons (Fsp3) is 0.0714. The highest BCUT2D eigenvalue weighted by Gasteiger charge is 2.12. The van der Waals surface area contributed by atoms with Crippen LogP contribution in [0, 0.1) is 6.92 Å². The summed E-state index contributed by atoms with van der Waals surface area (Å²) in [5.41, 5.74) is 1.98. The fourth-order valence-electron chi connectivity index (χ4n) is 1.55. The Labute approximate surface area is 126 Å². The molecule has 1 amide bonds. The second-order valence-electron chi connectivity index (χ2n) is 4.06. The molecule has 5 heteroatoms. The van der Waals surface area contributed by atoms with Crippen molar-refractivity contribution >= 4 is 46.4 Å². The summed E-state index contributed by atoms with van der Waals surface area (Å²) in [5, 5.41) is 3.71. The van der Waals surface area contributed by atoms with Crippen LogP contribution in [0.15, 0.2) is 36.4 Å². The van der Waals surface area contributed by atoms with E-state index in [1.54, 1.807) is 12.1 Å². The molecule has 0 fully saturated rings. The number of rotatable bonds is 2. The van der Waals surface area contributed by atoms with Crippen LogP contribution in [0.3, 0.4) is 0 Å². The Kier molecular flexibility index (Phi) is 4.35. The van der Waals surface area contributed by atoms with E-state index in [1.165, 1.54) is 12.1 Å². The van der Waals surface area contributed by atoms with E-state index < -0.39 is 0 Å². The molecule has 0 spiro atoms. The highest BCUT2D eigenvalue weighted by molar-refractivity contribution is 6.42. The molecule has 0 radical (unpaired) electrons. The van der Waals surface area contributed by atoms with Crippen LogP contribution >= 0.6 is 34.8 Å². The van der Waals surface area contributed by atoms with E-state index in [-0.39, 0.29) is 5.91 Å². The first kappa shape index (κ1) is 14.2. The second-order valence-corrected chi connectivity index (χ2v) is 5.32. The second kappa shape index (κ2) is 5.83. The Morgan fingerprint density at radius 3 is 2.05 bits per heavy atom. The molecule has 2 rings (SSSR count). The van der Waals surface area contributed by atoms with Crippen LogP contribution in [0.2, 0.25) is 15.1 Å². The minimum atomic E-state index is -0.272. The standard InChI is InChI=1S/C14H10Cl3NO/c1-8-2-4-9(5-3-8)14(19)18-13-11(16)6-10(15)7-12(13)17/h2-7H,1H3,(H,18,19). The Hall–Kier alpha value is -1.22. The van der Waals surface area contributed by atoms with Gasteiger partial charge >= 0.3 is 0 Å². The van der Waals surface area contributed by atoms with Gasteiger partial charge in [-0.25, -0.2) is 0 Å². The highest BCUT2D eigenvalue weighted by Crippen LogP contribution is 2.33. The fourth-order valence-corrected chi connectivity index (χ4v) is 2.46. The van der Waals surface area contributed by atoms with Crippen LogP contribution in [0.5, 0.6) is 0 Å². The van der Waals surface area contributed by atoms with Crippen LogP contribution in [-0.2, 0) is 0 Å². The maximum Gasteiger partial charge on any atom is 0.255 e. The number of carbonyl (C=O) groups is 1. The van der Waals surface area contributed by atoms with Gasteiger partial charge in [-0.05, 0) is 31.2 Å². The Balaban J connectivity index is 2.26. The summed E-state index contributed by atoms with van der Waals surface area (Å²) in [7, 11) is 0. The van der Waals surface area contributed by atoms with Crippen molar-refractivity contribution in [2.45, 2.75) is 6.92 Å². The normalized spacial score (nSPS) is 10.3. The summed E-state index contributed by atoms with van der Waals surface area (Å²) in [6.45, 7) is 1.95. The van der Waals surface area contributed by atoms with E-state index in [0.29, 0.717) is 26.3 Å². The van der Waals surface area contributed by atoms with Crippen LogP contribution < -0.4 is 5.32 Å². The quantitative estimate of drug-likeness (QED) is 0.810. The zero-order chi connectivity index (χ0) is 14.0. The molecule has 0 aliphatic heterocycles. The van der Waals surface area contributed by atoms with Gasteiger partial charge < -0.3 is 5.32 Å². The molecule has 0 aromatic heterocycles. The van der Waals surface area contributed by atoms with Gasteiger partial charge in [-0.3, -0.25) is 4.79 Å². The maximum absolute atomic E-state index is 12.1. The number of benzene rings is 2.